The van der Waals surface area contributed by atoms with Crippen molar-refractivity contribution < 1.29 is 14.3 Å². The van der Waals surface area contributed by atoms with Gasteiger partial charge in [0.25, 0.3) is 0 Å². The Kier molecular flexibility index (Phi) is 6.80. The number of benzene rings is 1. The molecule has 5 nitrogen and oxygen atoms in total. The molecule has 1 heterocycles. The number of nitrogens with one attached hydrogen (secondary N) is 2. The molecule has 2 rings (SSSR count). The zero-order valence-corrected chi connectivity index (χ0v) is 13.6. The number of carbonyl (C=O) groups is 1. The fourth-order valence-corrected chi connectivity index (χ4v) is 2.84. The zero-order chi connectivity index (χ0) is 16.7. The summed E-state index contributed by atoms with van der Waals surface area (Å²) < 4.78 is 13.5. The smallest absolute Gasteiger partial charge is 0.314 e. The molecule has 0 aliphatic carbocycles. The minimum Gasteiger partial charge on any atom is -0.386 e. The maximum atomic E-state index is 13.5. The van der Waals surface area contributed by atoms with E-state index in [1.165, 1.54) is 25.0 Å². The molecule has 2 amide bonds. The van der Waals surface area contributed by atoms with Crippen LogP contribution in [0.4, 0.5) is 9.18 Å². The van der Waals surface area contributed by atoms with Gasteiger partial charge in [0, 0.05) is 25.2 Å². The van der Waals surface area contributed by atoms with Gasteiger partial charge in [-0.3, -0.25) is 0 Å². The molecule has 1 aliphatic heterocycles. The maximum Gasteiger partial charge on any atom is 0.314 e. The fraction of sp³-hybridized carbons (Fsp3) is 0.588. The molecule has 0 bridgehead atoms. The number of rotatable bonds is 7. The van der Waals surface area contributed by atoms with Crippen LogP contribution in [0, 0.1) is 11.7 Å². The average Bonchev–Trinajstić information content (AvgIpc) is 3.04. The minimum atomic E-state index is -1.05. The number of amides is 2. The molecule has 0 radical (unpaired) electrons. The maximum absolute atomic E-state index is 13.5. The third-order valence-corrected chi connectivity index (χ3v) is 4.10. The van der Waals surface area contributed by atoms with Gasteiger partial charge in [0.1, 0.15) is 5.82 Å². The molecular formula is C17H26FN3O2. The number of halogens is 1. The van der Waals surface area contributed by atoms with E-state index in [2.05, 4.69) is 22.5 Å². The molecule has 1 aromatic rings. The first kappa shape index (κ1) is 17.7. The van der Waals surface area contributed by atoms with Crippen molar-refractivity contribution in [3.63, 3.8) is 0 Å². The van der Waals surface area contributed by atoms with Gasteiger partial charge in [0.2, 0.25) is 0 Å². The summed E-state index contributed by atoms with van der Waals surface area (Å²) in [6.45, 7) is 5.94. The van der Waals surface area contributed by atoms with Gasteiger partial charge in [-0.15, -0.1) is 0 Å². The predicted molar refractivity (Wildman–Crippen MR) is 87.6 cm³/mol. The second-order valence-corrected chi connectivity index (χ2v) is 6.24. The van der Waals surface area contributed by atoms with E-state index in [-0.39, 0.29) is 18.1 Å². The van der Waals surface area contributed by atoms with Gasteiger partial charge < -0.3 is 20.6 Å². The van der Waals surface area contributed by atoms with E-state index >= 15 is 0 Å². The van der Waals surface area contributed by atoms with Crippen LogP contribution >= 0.6 is 0 Å². The van der Waals surface area contributed by atoms with Crippen LogP contribution in [0.5, 0.6) is 0 Å². The van der Waals surface area contributed by atoms with Crippen LogP contribution in [0.3, 0.4) is 0 Å². The summed E-state index contributed by atoms with van der Waals surface area (Å²) in [6.07, 6.45) is 1.47. The lowest BCUT2D eigenvalue weighted by Gasteiger charge is -2.20. The highest BCUT2D eigenvalue weighted by Gasteiger charge is 2.16. The van der Waals surface area contributed by atoms with Crippen LogP contribution in [-0.2, 0) is 0 Å². The number of aliphatic hydroxyl groups is 1. The second kappa shape index (κ2) is 8.84. The highest BCUT2D eigenvalue weighted by molar-refractivity contribution is 5.73. The Labute approximate surface area is 136 Å². The topological polar surface area (TPSA) is 64.6 Å². The Bertz CT molecular complexity index is 506. The van der Waals surface area contributed by atoms with Gasteiger partial charge in [-0.1, -0.05) is 25.1 Å². The molecule has 1 aromatic carbocycles. The third-order valence-electron chi connectivity index (χ3n) is 4.10. The predicted octanol–water partition coefficient (Wildman–Crippen LogP) is 1.89. The number of hydrogen-bond acceptors (Lipinski definition) is 3. The second-order valence-electron chi connectivity index (χ2n) is 6.24. The molecular weight excluding hydrogens is 297 g/mol. The summed E-state index contributed by atoms with van der Waals surface area (Å²) >= 11 is 0. The van der Waals surface area contributed by atoms with Crippen LogP contribution in [0.1, 0.15) is 31.4 Å². The van der Waals surface area contributed by atoms with Gasteiger partial charge in [-0.2, -0.15) is 0 Å². The van der Waals surface area contributed by atoms with Crippen molar-refractivity contribution in [2.75, 3.05) is 32.7 Å². The van der Waals surface area contributed by atoms with Crippen molar-refractivity contribution in [2.24, 2.45) is 5.92 Å². The first-order chi connectivity index (χ1) is 11.1. The largest absolute Gasteiger partial charge is 0.386 e. The average molecular weight is 323 g/mol. The zero-order valence-electron chi connectivity index (χ0n) is 13.6. The lowest BCUT2D eigenvalue weighted by atomic mass is 10.1. The lowest BCUT2D eigenvalue weighted by molar-refractivity contribution is 0.168. The summed E-state index contributed by atoms with van der Waals surface area (Å²) in [6, 6.07) is 5.68. The summed E-state index contributed by atoms with van der Waals surface area (Å²) in [4.78, 5) is 14.2. The standard InChI is InChI=1S/C17H26FN3O2/c1-13(12-21-8-4-5-9-21)10-19-17(23)20-11-16(22)14-6-2-3-7-15(14)18/h2-3,6-7,13,16,22H,4-5,8-12H2,1H3,(H2,19,20,23). The first-order valence-electron chi connectivity index (χ1n) is 8.23. The Balaban J connectivity index is 1.65. The van der Waals surface area contributed by atoms with E-state index < -0.39 is 11.9 Å². The van der Waals surface area contributed by atoms with E-state index in [9.17, 15) is 14.3 Å². The highest BCUT2D eigenvalue weighted by Crippen LogP contribution is 2.15. The Morgan fingerprint density at radius 2 is 1.91 bits per heavy atom. The Hall–Kier alpha value is -1.66. The molecule has 0 spiro atoms. The van der Waals surface area contributed by atoms with Crippen LogP contribution in [0.25, 0.3) is 0 Å². The highest BCUT2D eigenvalue weighted by atomic mass is 19.1. The molecule has 128 valence electrons. The van der Waals surface area contributed by atoms with Crippen LogP contribution in [0.2, 0.25) is 0 Å². The van der Waals surface area contributed by atoms with Crippen LogP contribution < -0.4 is 10.6 Å². The third kappa shape index (κ3) is 5.80. The first-order valence-corrected chi connectivity index (χ1v) is 8.23. The van der Waals surface area contributed by atoms with Crippen molar-refractivity contribution in [3.8, 4) is 0 Å². The van der Waals surface area contributed by atoms with Crippen molar-refractivity contribution in [3.05, 3.63) is 35.6 Å². The summed E-state index contributed by atoms with van der Waals surface area (Å²) in [7, 11) is 0. The number of aliphatic hydroxyl groups excluding tert-OH is 1. The quantitative estimate of drug-likeness (QED) is 0.718. The Morgan fingerprint density at radius 1 is 1.26 bits per heavy atom. The number of hydrogen-bond donors (Lipinski definition) is 3. The molecule has 0 aromatic heterocycles. The Morgan fingerprint density at radius 3 is 2.61 bits per heavy atom. The lowest BCUT2D eigenvalue weighted by Crippen LogP contribution is -2.41. The SMILES string of the molecule is CC(CNC(=O)NCC(O)c1ccccc1F)CN1CCCC1. The minimum absolute atomic E-state index is 0.0206. The number of nitrogens with zero attached hydrogens (tertiary/aromatic N) is 1. The summed E-state index contributed by atoms with van der Waals surface area (Å²) in [5.41, 5.74) is 0.190. The molecule has 23 heavy (non-hydrogen) atoms. The van der Waals surface area contributed by atoms with E-state index in [4.69, 9.17) is 0 Å². The monoisotopic (exact) mass is 323 g/mol. The summed E-state index contributed by atoms with van der Waals surface area (Å²) in [5.74, 6) is -0.100. The van der Waals surface area contributed by atoms with Crippen LogP contribution in [-0.4, -0.2) is 48.8 Å². The van der Waals surface area contributed by atoms with Crippen LogP contribution in [0.15, 0.2) is 24.3 Å². The molecule has 6 heteroatoms. The number of likely N-dealkylation sites (tertiary alicyclic amines) is 1. The normalized spacial score (nSPS) is 17.7. The molecule has 2 atom stereocenters. The van der Waals surface area contributed by atoms with E-state index in [0.717, 1.165) is 19.6 Å². The number of urea groups is 1. The van der Waals surface area contributed by atoms with Gasteiger partial charge >= 0.3 is 6.03 Å². The molecule has 3 N–H and O–H groups in total. The van der Waals surface area contributed by atoms with E-state index in [1.807, 2.05) is 0 Å². The van der Waals surface area contributed by atoms with Crippen molar-refractivity contribution in [1.29, 1.82) is 0 Å². The van der Waals surface area contributed by atoms with Gasteiger partial charge in [-0.05, 0) is 37.9 Å². The van der Waals surface area contributed by atoms with E-state index in [0.29, 0.717) is 12.5 Å². The summed E-state index contributed by atoms with van der Waals surface area (Å²) in [5, 5.41) is 15.3. The van der Waals surface area contributed by atoms with Gasteiger partial charge in [0.05, 0.1) is 6.10 Å². The molecule has 1 fully saturated rings. The molecule has 2 unspecified atom stereocenters. The van der Waals surface area contributed by atoms with Gasteiger partial charge in [0.15, 0.2) is 0 Å². The molecule has 1 saturated heterocycles. The number of carbonyl (C=O) groups excluding carboxylic acids is 1. The molecule has 0 saturated carbocycles. The van der Waals surface area contributed by atoms with Crippen molar-refractivity contribution in [1.82, 2.24) is 15.5 Å². The van der Waals surface area contributed by atoms with Gasteiger partial charge in [-0.25, -0.2) is 9.18 Å². The van der Waals surface area contributed by atoms with Crippen molar-refractivity contribution >= 4 is 6.03 Å². The van der Waals surface area contributed by atoms with E-state index in [1.54, 1.807) is 12.1 Å². The van der Waals surface area contributed by atoms with Crippen molar-refractivity contribution in [2.45, 2.75) is 25.9 Å². The fourth-order valence-electron chi connectivity index (χ4n) is 2.84. The molecule has 1 aliphatic rings.